The van der Waals surface area contributed by atoms with Crippen LogP contribution < -0.4 is 19.9 Å². The number of hydrogen-bond acceptors (Lipinski definition) is 7. The Morgan fingerprint density at radius 3 is 2.36 bits per heavy atom. The van der Waals surface area contributed by atoms with Crippen molar-refractivity contribution in [3.63, 3.8) is 0 Å². The van der Waals surface area contributed by atoms with Gasteiger partial charge in [-0.05, 0) is 86.0 Å². The molecule has 1 N–H and O–H groups in total. The van der Waals surface area contributed by atoms with Crippen LogP contribution in [0, 0.1) is 0 Å². The molecule has 8 nitrogen and oxygen atoms in total. The van der Waals surface area contributed by atoms with E-state index in [1.807, 2.05) is 41.5 Å². The molecular formula is C32H37N5O3S2. The van der Waals surface area contributed by atoms with Gasteiger partial charge in [0.2, 0.25) is 5.91 Å². The van der Waals surface area contributed by atoms with Gasteiger partial charge in [0, 0.05) is 49.0 Å². The third kappa shape index (κ3) is 7.06. The van der Waals surface area contributed by atoms with Crippen LogP contribution in [0.1, 0.15) is 12.8 Å². The van der Waals surface area contributed by atoms with E-state index in [0.717, 1.165) is 49.7 Å². The summed E-state index contributed by atoms with van der Waals surface area (Å²) in [6.45, 7) is 5.45. The van der Waals surface area contributed by atoms with Gasteiger partial charge in [-0.25, -0.2) is 0 Å². The zero-order valence-corrected chi connectivity index (χ0v) is 25.7. The molecule has 0 aromatic heterocycles. The summed E-state index contributed by atoms with van der Waals surface area (Å²) in [4.78, 5) is 36.4. The number of thiocarbonyl (C=S) groups is 1. The van der Waals surface area contributed by atoms with Crippen molar-refractivity contribution in [1.82, 2.24) is 9.80 Å². The summed E-state index contributed by atoms with van der Waals surface area (Å²) in [5.74, 6) is 0.308. The van der Waals surface area contributed by atoms with Gasteiger partial charge in [-0.15, -0.1) is 11.8 Å². The highest BCUT2D eigenvalue weighted by atomic mass is 32.2. The Kier molecular flexibility index (Phi) is 9.99. The van der Waals surface area contributed by atoms with Crippen molar-refractivity contribution in [3.05, 3.63) is 78.9 Å². The number of carbonyl (C=O) groups excluding carboxylic acids is 2. The normalized spacial score (nSPS) is 17.6. The van der Waals surface area contributed by atoms with Gasteiger partial charge in [0.25, 0.3) is 5.91 Å². The molecule has 42 heavy (non-hydrogen) atoms. The molecule has 0 saturated carbocycles. The van der Waals surface area contributed by atoms with E-state index in [1.165, 1.54) is 5.69 Å². The van der Waals surface area contributed by atoms with Crippen molar-refractivity contribution < 1.29 is 14.3 Å². The third-order valence-electron chi connectivity index (χ3n) is 7.75. The van der Waals surface area contributed by atoms with Gasteiger partial charge < -0.3 is 19.9 Å². The first kappa shape index (κ1) is 29.9. The Morgan fingerprint density at radius 1 is 0.952 bits per heavy atom. The highest BCUT2D eigenvalue weighted by Crippen LogP contribution is 2.30. The lowest BCUT2D eigenvalue weighted by Crippen LogP contribution is -2.47. The molecule has 10 heteroatoms. The molecule has 0 spiro atoms. The van der Waals surface area contributed by atoms with E-state index < -0.39 is 6.04 Å². The number of ether oxygens (including phenoxy) is 1. The summed E-state index contributed by atoms with van der Waals surface area (Å²) in [7, 11) is 1.60. The summed E-state index contributed by atoms with van der Waals surface area (Å²) in [6, 6.07) is 24.8. The van der Waals surface area contributed by atoms with Crippen LogP contribution in [-0.4, -0.2) is 85.4 Å². The van der Waals surface area contributed by atoms with Crippen molar-refractivity contribution in [3.8, 4) is 5.75 Å². The minimum atomic E-state index is -0.663. The zero-order chi connectivity index (χ0) is 29.5. The molecular weight excluding hydrogens is 567 g/mol. The number of hydrogen-bond donors (Lipinski definition) is 1. The number of piperazine rings is 1. The summed E-state index contributed by atoms with van der Waals surface area (Å²) in [5, 5.41) is 3.38. The highest BCUT2D eigenvalue weighted by molar-refractivity contribution is 7.98. The molecule has 0 bridgehead atoms. The molecule has 1 atom stereocenters. The molecule has 5 rings (SSSR count). The van der Waals surface area contributed by atoms with E-state index in [2.05, 4.69) is 39.4 Å². The maximum Gasteiger partial charge on any atom is 0.256 e. The first-order valence-electron chi connectivity index (χ1n) is 14.2. The number of thioether (sulfide) groups is 1. The number of anilines is 3. The smallest absolute Gasteiger partial charge is 0.256 e. The van der Waals surface area contributed by atoms with Crippen LogP contribution in [0.25, 0.3) is 0 Å². The average Bonchev–Trinajstić information content (AvgIpc) is 3.26. The Balaban J connectivity index is 1.24. The topological polar surface area (TPSA) is 68.4 Å². The number of methoxy groups -OCH3 is 1. The Hall–Kier alpha value is -3.60. The van der Waals surface area contributed by atoms with Gasteiger partial charge >= 0.3 is 0 Å². The molecule has 2 saturated heterocycles. The maximum absolute atomic E-state index is 13.8. The van der Waals surface area contributed by atoms with Crippen molar-refractivity contribution in [2.75, 3.05) is 67.8 Å². The zero-order valence-electron chi connectivity index (χ0n) is 24.1. The standard InChI is InChI=1S/C32H37N5O3S2/c1-40-27-14-12-24(13-15-27)33-30(38)23-29-31(39)37(26-10-6-11-28(22-26)42-2)32(41)36(29)17-7-16-34-18-20-35(21-19-34)25-8-4-3-5-9-25/h3-6,8-15,22,29H,7,16-21,23H2,1-2H3,(H,33,38). The predicted octanol–water partition coefficient (Wildman–Crippen LogP) is 4.96. The van der Waals surface area contributed by atoms with Crippen molar-refractivity contribution in [2.24, 2.45) is 0 Å². The SMILES string of the molecule is COc1ccc(NC(=O)CC2C(=O)N(c3cccc(SC)c3)C(=S)N2CCCN2CCN(c3ccccc3)CC2)cc1. The molecule has 2 aliphatic heterocycles. The van der Waals surface area contributed by atoms with E-state index in [1.54, 1.807) is 48.0 Å². The molecule has 220 valence electrons. The second-order valence-corrected chi connectivity index (χ2v) is 11.6. The number of para-hydroxylation sites is 1. The van der Waals surface area contributed by atoms with Gasteiger partial charge in [-0.2, -0.15) is 0 Å². The first-order chi connectivity index (χ1) is 20.5. The average molecular weight is 604 g/mol. The number of amides is 2. The molecule has 0 aliphatic carbocycles. The summed E-state index contributed by atoms with van der Waals surface area (Å²) >= 11 is 7.50. The number of nitrogens with zero attached hydrogens (tertiary/aromatic N) is 4. The lowest BCUT2D eigenvalue weighted by atomic mass is 10.1. The summed E-state index contributed by atoms with van der Waals surface area (Å²) in [5.41, 5.74) is 2.65. The van der Waals surface area contributed by atoms with Crippen molar-refractivity contribution in [1.29, 1.82) is 0 Å². The van der Waals surface area contributed by atoms with Crippen molar-refractivity contribution >= 4 is 58.0 Å². The van der Waals surface area contributed by atoms with Crippen LogP contribution in [0.5, 0.6) is 5.75 Å². The number of nitrogens with one attached hydrogen (secondary N) is 1. The Bertz CT molecular complexity index is 1380. The van der Waals surface area contributed by atoms with E-state index >= 15 is 0 Å². The minimum absolute atomic E-state index is 0.0134. The van der Waals surface area contributed by atoms with Crippen LogP contribution in [0.2, 0.25) is 0 Å². The Labute approximate surface area is 257 Å². The molecule has 2 heterocycles. The molecule has 2 amide bonds. The predicted molar refractivity (Wildman–Crippen MR) is 175 cm³/mol. The fraction of sp³-hybridized carbons (Fsp3) is 0.344. The van der Waals surface area contributed by atoms with E-state index in [0.29, 0.717) is 23.1 Å². The van der Waals surface area contributed by atoms with Crippen LogP contribution >= 0.6 is 24.0 Å². The van der Waals surface area contributed by atoms with E-state index in [-0.39, 0.29) is 18.2 Å². The van der Waals surface area contributed by atoms with E-state index in [9.17, 15) is 9.59 Å². The van der Waals surface area contributed by atoms with Gasteiger partial charge in [0.1, 0.15) is 11.8 Å². The lowest BCUT2D eigenvalue weighted by Gasteiger charge is -2.36. The second-order valence-electron chi connectivity index (χ2n) is 10.4. The summed E-state index contributed by atoms with van der Waals surface area (Å²) < 4.78 is 5.21. The van der Waals surface area contributed by atoms with Gasteiger partial charge in [0.05, 0.1) is 19.2 Å². The Morgan fingerprint density at radius 2 is 1.67 bits per heavy atom. The lowest BCUT2D eigenvalue weighted by molar-refractivity contribution is -0.124. The van der Waals surface area contributed by atoms with Gasteiger partial charge in [0.15, 0.2) is 5.11 Å². The monoisotopic (exact) mass is 603 g/mol. The second kappa shape index (κ2) is 14.0. The van der Waals surface area contributed by atoms with Crippen LogP contribution in [0.4, 0.5) is 17.1 Å². The first-order valence-corrected chi connectivity index (χ1v) is 15.8. The number of carbonyl (C=O) groups is 2. The molecule has 0 radical (unpaired) electrons. The quantitative estimate of drug-likeness (QED) is 0.244. The van der Waals surface area contributed by atoms with Crippen LogP contribution in [0.3, 0.4) is 0 Å². The number of rotatable bonds is 11. The van der Waals surface area contributed by atoms with E-state index in [4.69, 9.17) is 17.0 Å². The van der Waals surface area contributed by atoms with Crippen LogP contribution in [-0.2, 0) is 9.59 Å². The fourth-order valence-electron chi connectivity index (χ4n) is 5.47. The maximum atomic E-state index is 13.8. The van der Waals surface area contributed by atoms with Crippen molar-refractivity contribution in [2.45, 2.75) is 23.8 Å². The molecule has 2 aliphatic rings. The highest BCUT2D eigenvalue weighted by Gasteiger charge is 2.44. The molecule has 1 unspecified atom stereocenters. The minimum Gasteiger partial charge on any atom is -0.497 e. The summed E-state index contributed by atoms with van der Waals surface area (Å²) in [6.07, 6.45) is 2.86. The molecule has 3 aromatic carbocycles. The third-order valence-corrected chi connectivity index (χ3v) is 8.89. The molecule has 2 fully saturated rings. The fourth-order valence-corrected chi connectivity index (χ4v) is 6.34. The molecule has 3 aromatic rings. The van der Waals surface area contributed by atoms with Gasteiger partial charge in [-0.3, -0.25) is 19.4 Å². The van der Waals surface area contributed by atoms with Gasteiger partial charge in [-0.1, -0.05) is 24.3 Å². The number of benzene rings is 3. The van der Waals surface area contributed by atoms with Crippen LogP contribution in [0.15, 0.2) is 83.8 Å². The largest absolute Gasteiger partial charge is 0.497 e.